The van der Waals surface area contributed by atoms with Crippen LogP contribution in [0.1, 0.15) is 51.3 Å². The van der Waals surface area contributed by atoms with Gasteiger partial charge in [-0.05, 0) is 32.1 Å². The molecule has 4 rings (SSSR count). The summed E-state index contributed by atoms with van der Waals surface area (Å²) in [5.74, 6) is -2.21. The van der Waals surface area contributed by atoms with Crippen molar-refractivity contribution in [2.45, 2.75) is 62.7 Å². The van der Waals surface area contributed by atoms with E-state index in [0.717, 1.165) is 30.6 Å². The molecule has 0 aromatic carbocycles. The quantitative estimate of drug-likeness (QED) is 0.706. The number of aliphatic hydroxyl groups excluding tert-OH is 1. The predicted octanol–water partition coefficient (Wildman–Crippen LogP) is 2.19. The summed E-state index contributed by atoms with van der Waals surface area (Å²) in [5, 5.41) is 13.8. The largest absolute Gasteiger partial charge is 0.392 e. The third kappa shape index (κ3) is 4.36. The van der Waals surface area contributed by atoms with E-state index in [1.54, 1.807) is 10.7 Å². The molecule has 0 spiro atoms. The first kappa shape index (κ1) is 23.0. The monoisotopic (exact) mass is 466 g/mol. The SMILES string of the molecule is CCC1(c2nc(Cl)c3cnc(N)nn23)CCC1.O=S(=O)(C(F)F)N1CCCC(O)C1. The van der Waals surface area contributed by atoms with Crippen molar-refractivity contribution >= 4 is 33.1 Å². The fourth-order valence-corrected chi connectivity index (χ4v) is 5.01. The number of anilines is 1. The van der Waals surface area contributed by atoms with E-state index in [9.17, 15) is 17.2 Å². The van der Waals surface area contributed by atoms with Crippen molar-refractivity contribution in [2.24, 2.45) is 0 Å². The molecule has 9 nitrogen and oxygen atoms in total. The number of halogens is 3. The number of imidazole rings is 1. The number of rotatable bonds is 4. The van der Waals surface area contributed by atoms with Crippen molar-refractivity contribution in [3.8, 4) is 0 Å². The third-order valence-electron chi connectivity index (χ3n) is 5.77. The number of nitrogens with zero attached hydrogens (tertiary/aromatic N) is 5. The molecule has 1 saturated carbocycles. The summed E-state index contributed by atoms with van der Waals surface area (Å²) in [7, 11) is -4.49. The van der Waals surface area contributed by atoms with Crippen LogP contribution in [0, 0.1) is 0 Å². The van der Waals surface area contributed by atoms with Gasteiger partial charge in [-0.25, -0.2) is 22.9 Å². The molecule has 13 heteroatoms. The Labute approximate surface area is 178 Å². The van der Waals surface area contributed by atoms with Gasteiger partial charge in [0, 0.05) is 18.5 Å². The van der Waals surface area contributed by atoms with Crippen molar-refractivity contribution < 1.29 is 22.3 Å². The fraction of sp³-hybridized carbons (Fsp3) is 0.706. The average Bonchev–Trinajstić information content (AvgIpc) is 2.98. The zero-order valence-electron chi connectivity index (χ0n) is 16.5. The lowest BCUT2D eigenvalue weighted by Gasteiger charge is -2.39. The molecule has 1 atom stereocenters. The van der Waals surface area contributed by atoms with E-state index in [1.165, 1.54) is 6.42 Å². The summed E-state index contributed by atoms with van der Waals surface area (Å²) in [5.41, 5.74) is 6.49. The second-order valence-electron chi connectivity index (χ2n) is 7.59. The van der Waals surface area contributed by atoms with Crippen molar-refractivity contribution in [3.63, 3.8) is 0 Å². The first-order valence-electron chi connectivity index (χ1n) is 9.73. The number of β-amino-alcohol motifs (C(OH)–C–C–N with tert-alkyl or cyclic N) is 1. The molecule has 1 saturated heterocycles. The van der Waals surface area contributed by atoms with Crippen LogP contribution in [0.4, 0.5) is 14.7 Å². The molecular weight excluding hydrogens is 442 g/mol. The third-order valence-corrected chi connectivity index (χ3v) is 7.55. The van der Waals surface area contributed by atoms with Crippen LogP contribution in [0.5, 0.6) is 0 Å². The molecule has 2 aromatic heterocycles. The maximum atomic E-state index is 12.0. The first-order valence-corrected chi connectivity index (χ1v) is 11.6. The second-order valence-corrected chi connectivity index (χ2v) is 9.85. The van der Waals surface area contributed by atoms with Crippen molar-refractivity contribution in [2.75, 3.05) is 18.8 Å². The van der Waals surface area contributed by atoms with Crippen LogP contribution in [0.15, 0.2) is 6.20 Å². The summed E-state index contributed by atoms with van der Waals surface area (Å²) in [4.78, 5) is 8.42. The molecule has 1 aliphatic carbocycles. The van der Waals surface area contributed by atoms with E-state index in [-0.39, 0.29) is 24.5 Å². The number of hydrogen-bond donors (Lipinski definition) is 2. The highest BCUT2D eigenvalue weighted by molar-refractivity contribution is 7.89. The Morgan fingerprint density at radius 3 is 2.63 bits per heavy atom. The normalized spacial score (nSPS) is 21.9. The highest BCUT2D eigenvalue weighted by Crippen LogP contribution is 2.46. The minimum absolute atomic E-state index is 0.0731. The van der Waals surface area contributed by atoms with Crippen molar-refractivity contribution in [1.82, 2.24) is 23.9 Å². The number of nitrogens with two attached hydrogens (primary N) is 1. The Morgan fingerprint density at radius 1 is 1.40 bits per heavy atom. The molecule has 30 heavy (non-hydrogen) atoms. The number of alkyl halides is 2. The highest BCUT2D eigenvalue weighted by Gasteiger charge is 2.41. The molecule has 168 valence electrons. The molecule has 2 aliphatic rings. The van der Waals surface area contributed by atoms with Crippen LogP contribution in [0.3, 0.4) is 0 Å². The molecule has 0 amide bonds. The molecule has 1 unspecified atom stereocenters. The summed E-state index contributed by atoms with van der Waals surface area (Å²) in [6.45, 7) is 2.04. The summed E-state index contributed by atoms with van der Waals surface area (Å²) in [6, 6.07) is 0. The molecule has 2 fully saturated rings. The van der Waals surface area contributed by atoms with E-state index in [4.69, 9.17) is 22.4 Å². The van der Waals surface area contributed by atoms with Gasteiger partial charge in [0.15, 0.2) is 5.15 Å². The van der Waals surface area contributed by atoms with Crippen LogP contribution in [0.25, 0.3) is 5.52 Å². The smallest absolute Gasteiger partial charge is 0.350 e. The number of nitrogen functional groups attached to an aromatic ring is 1. The van der Waals surface area contributed by atoms with E-state index in [2.05, 4.69) is 22.0 Å². The minimum Gasteiger partial charge on any atom is -0.392 e. The van der Waals surface area contributed by atoms with Gasteiger partial charge in [-0.2, -0.15) is 13.1 Å². The lowest BCUT2D eigenvalue weighted by Crippen LogP contribution is -2.44. The van der Waals surface area contributed by atoms with Gasteiger partial charge in [0.25, 0.3) is 10.0 Å². The molecule has 0 bridgehead atoms. The molecule has 2 aromatic rings. The van der Waals surface area contributed by atoms with Gasteiger partial charge in [-0.15, -0.1) is 5.10 Å². The molecule has 3 N–H and O–H groups in total. The number of sulfonamides is 1. The fourth-order valence-electron chi connectivity index (χ4n) is 3.81. The zero-order chi connectivity index (χ0) is 22.1. The van der Waals surface area contributed by atoms with Crippen LogP contribution < -0.4 is 5.73 Å². The summed E-state index contributed by atoms with van der Waals surface area (Å²) < 4.78 is 48.2. The Morgan fingerprint density at radius 2 is 2.10 bits per heavy atom. The van der Waals surface area contributed by atoms with E-state index in [1.807, 2.05) is 0 Å². The molecule has 3 heterocycles. The van der Waals surface area contributed by atoms with E-state index in [0.29, 0.717) is 22.3 Å². The predicted molar refractivity (Wildman–Crippen MR) is 108 cm³/mol. The zero-order valence-corrected chi connectivity index (χ0v) is 18.1. The summed E-state index contributed by atoms with van der Waals surface area (Å²) in [6.07, 6.45) is 6.27. The first-order chi connectivity index (χ1) is 14.1. The minimum atomic E-state index is -4.49. The van der Waals surface area contributed by atoms with Crippen LogP contribution in [-0.2, 0) is 15.4 Å². The molecule has 0 radical (unpaired) electrons. The van der Waals surface area contributed by atoms with Crippen LogP contribution >= 0.6 is 11.6 Å². The number of aliphatic hydroxyl groups is 1. The van der Waals surface area contributed by atoms with E-state index < -0.39 is 21.9 Å². The number of hydrogen-bond acceptors (Lipinski definition) is 7. The lowest BCUT2D eigenvalue weighted by molar-refractivity contribution is 0.103. The van der Waals surface area contributed by atoms with Gasteiger partial charge in [0.05, 0.1) is 12.3 Å². The van der Waals surface area contributed by atoms with Crippen LogP contribution in [-0.4, -0.2) is 62.4 Å². The Hall–Kier alpha value is -1.63. The number of fused-ring (bicyclic) bond motifs is 1. The Bertz CT molecular complexity index is 993. The molecular formula is C17H25ClF2N6O3S. The molecule has 1 aliphatic heterocycles. The maximum Gasteiger partial charge on any atom is 0.350 e. The lowest BCUT2D eigenvalue weighted by atomic mass is 9.66. The Kier molecular flexibility index (Phi) is 6.80. The standard InChI is InChI=1S/C11H14ClN5.C6H11F2NO3S/c1-2-11(4-3-5-11)9-15-8(12)7-6-14-10(13)16-17(7)9;7-6(8)13(11,12)9-3-1-2-5(10)4-9/h6H,2-5H2,1H3,(H2,13,16);5-6,10H,1-4H2. The second kappa shape index (κ2) is 8.85. The van der Waals surface area contributed by atoms with Crippen molar-refractivity contribution in [3.05, 3.63) is 17.2 Å². The van der Waals surface area contributed by atoms with Crippen LogP contribution in [0.2, 0.25) is 5.15 Å². The average molecular weight is 467 g/mol. The number of piperidine rings is 1. The van der Waals surface area contributed by atoms with Gasteiger partial charge in [-0.1, -0.05) is 24.9 Å². The van der Waals surface area contributed by atoms with Gasteiger partial charge in [0.1, 0.15) is 11.3 Å². The topological polar surface area (TPSA) is 127 Å². The van der Waals surface area contributed by atoms with Gasteiger partial charge in [-0.3, -0.25) is 0 Å². The Balaban J connectivity index is 0.000000178. The van der Waals surface area contributed by atoms with E-state index >= 15 is 0 Å². The van der Waals surface area contributed by atoms with Gasteiger partial charge in [0.2, 0.25) is 5.95 Å². The van der Waals surface area contributed by atoms with Gasteiger partial charge >= 0.3 is 5.76 Å². The van der Waals surface area contributed by atoms with Gasteiger partial charge < -0.3 is 10.8 Å². The number of aromatic nitrogens is 4. The summed E-state index contributed by atoms with van der Waals surface area (Å²) >= 11 is 6.12. The highest BCUT2D eigenvalue weighted by atomic mass is 35.5. The van der Waals surface area contributed by atoms with Crippen molar-refractivity contribution in [1.29, 1.82) is 0 Å². The maximum absolute atomic E-state index is 12.0.